The minimum atomic E-state index is 1.11. The van der Waals surface area contributed by atoms with Gasteiger partial charge in [-0.25, -0.2) is 0 Å². The summed E-state index contributed by atoms with van der Waals surface area (Å²) in [5.74, 6) is 0. The van der Waals surface area contributed by atoms with Crippen LogP contribution in [0.5, 0.6) is 0 Å². The lowest BCUT2D eigenvalue weighted by atomic mass is 10.0. The molecule has 0 saturated heterocycles. The monoisotopic (exact) mass is 482 g/mol. The van der Waals surface area contributed by atoms with Gasteiger partial charge in [0.1, 0.15) is 0 Å². The fourth-order valence-electron chi connectivity index (χ4n) is 4.60. The molecule has 0 heterocycles. The number of benzene rings is 5. The van der Waals surface area contributed by atoms with E-state index in [-0.39, 0.29) is 0 Å². The van der Waals surface area contributed by atoms with Crippen molar-refractivity contribution in [3.8, 4) is 22.3 Å². The van der Waals surface area contributed by atoms with Gasteiger partial charge in [-0.05, 0) is 81.3 Å². The molecule has 0 amide bonds. The molecule has 0 fully saturated rings. The number of fused-ring (bicyclic) bond motifs is 3. The third kappa shape index (κ3) is 7.08. The predicted molar refractivity (Wildman–Crippen MR) is 161 cm³/mol. The van der Waals surface area contributed by atoms with Crippen LogP contribution in [0.2, 0.25) is 0 Å². The summed E-state index contributed by atoms with van der Waals surface area (Å²) in [6, 6.07) is 39.3. The highest BCUT2D eigenvalue weighted by Gasteiger charge is 2.17. The molecule has 0 aliphatic heterocycles. The van der Waals surface area contributed by atoms with Crippen molar-refractivity contribution in [2.45, 2.75) is 48.0 Å². The van der Waals surface area contributed by atoms with Crippen LogP contribution >= 0.6 is 0 Å². The molecule has 5 aromatic rings. The quantitative estimate of drug-likeness (QED) is 0.219. The molecule has 0 nitrogen and oxygen atoms in total. The van der Waals surface area contributed by atoms with Gasteiger partial charge in [0.2, 0.25) is 0 Å². The lowest BCUT2D eigenvalue weighted by Gasteiger charge is -2.02. The van der Waals surface area contributed by atoms with Crippen molar-refractivity contribution in [1.82, 2.24) is 0 Å². The van der Waals surface area contributed by atoms with E-state index in [0.29, 0.717) is 0 Å². The Morgan fingerprint density at radius 1 is 0.324 bits per heavy atom. The van der Waals surface area contributed by atoms with Gasteiger partial charge in [0, 0.05) is 0 Å². The largest absolute Gasteiger partial charge is 0.0591 e. The van der Waals surface area contributed by atoms with Crippen LogP contribution in [0.25, 0.3) is 22.3 Å². The molecule has 186 valence electrons. The Morgan fingerprint density at radius 3 is 0.919 bits per heavy atom. The average molecular weight is 483 g/mol. The van der Waals surface area contributed by atoms with E-state index < -0.39 is 0 Å². The van der Waals surface area contributed by atoms with Crippen molar-refractivity contribution in [2.24, 2.45) is 0 Å². The molecular formula is C37H38. The van der Waals surface area contributed by atoms with E-state index in [2.05, 4.69) is 151 Å². The van der Waals surface area contributed by atoms with Gasteiger partial charge in [-0.2, -0.15) is 0 Å². The first-order valence-corrected chi connectivity index (χ1v) is 13.1. The normalized spacial score (nSPS) is 10.9. The third-order valence-electron chi connectivity index (χ3n) is 6.85. The van der Waals surface area contributed by atoms with Crippen LogP contribution in [-0.4, -0.2) is 0 Å². The summed E-state index contributed by atoms with van der Waals surface area (Å²) < 4.78 is 0. The summed E-state index contributed by atoms with van der Waals surface area (Å²) in [5, 5.41) is 0. The molecule has 0 heteroatoms. The van der Waals surface area contributed by atoms with E-state index in [1.165, 1.54) is 66.8 Å². The van der Waals surface area contributed by atoms with Crippen LogP contribution in [0.15, 0.2) is 109 Å². The second kappa shape index (κ2) is 11.9. The molecule has 0 saturated carbocycles. The summed E-state index contributed by atoms with van der Waals surface area (Å²) >= 11 is 0. The summed E-state index contributed by atoms with van der Waals surface area (Å²) in [4.78, 5) is 0. The van der Waals surface area contributed by atoms with Gasteiger partial charge < -0.3 is 0 Å². The van der Waals surface area contributed by atoms with Gasteiger partial charge in [0.05, 0.1) is 0 Å². The zero-order chi connectivity index (χ0) is 26.4. The van der Waals surface area contributed by atoms with Crippen molar-refractivity contribution in [1.29, 1.82) is 0 Å². The SMILES string of the molecule is Cc1ccc(-c2ccc(C)cc2)cc1.Cc1ccc(C)cc1.Cc1ccc2c(c1)Cc1cc(C)ccc1-2. The summed E-state index contributed by atoms with van der Waals surface area (Å²) in [5.41, 5.74) is 16.4. The van der Waals surface area contributed by atoms with Gasteiger partial charge in [0.25, 0.3) is 0 Å². The van der Waals surface area contributed by atoms with Gasteiger partial charge in [0.15, 0.2) is 0 Å². The molecule has 6 rings (SSSR count). The fourth-order valence-corrected chi connectivity index (χ4v) is 4.60. The number of aryl methyl sites for hydroxylation is 6. The Hall–Kier alpha value is -3.90. The molecule has 0 bridgehead atoms. The highest BCUT2D eigenvalue weighted by molar-refractivity contribution is 5.77. The molecule has 5 aromatic carbocycles. The lowest BCUT2D eigenvalue weighted by molar-refractivity contribution is 1.24. The van der Waals surface area contributed by atoms with Gasteiger partial charge >= 0.3 is 0 Å². The van der Waals surface area contributed by atoms with Crippen molar-refractivity contribution in [3.05, 3.63) is 154 Å². The summed E-state index contributed by atoms with van der Waals surface area (Å²) in [6.07, 6.45) is 1.11. The summed E-state index contributed by atoms with van der Waals surface area (Å²) in [6.45, 7) is 12.7. The molecule has 0 spiro atoms. The maximum Gasteiger partial charge on any atom is -0.00133 e. The van der Waals surface area contributed by atoms with E-state index in [1.54, 1.807) is 0 Å². The number of rotatable bonds is 1. The standard InChI is InChI=1S/C15H14.C14H14.C8H10/c1-10-3-5-14-12(7-10)9-13-8-11(2)4-6-15(13)14;1-11-3-7-13(8-4-11)14-9-5-12(2)6-10-14;1-7-3-5-8(2)6-4-7/h3-8H,9H2,1-2H3;3-10H,1-2H3;3-6H,1-2H3. The topological polar surface area (TPSA) is 0 Å². The van der Waals surface area contributed by atoms with Crippen molar-refractivity contribution in [3.63, 3.8) is 0 Å². The van der Waals surface area contributed by atoms with Crippen molar-refractivity contribution in [2.75, 3.05) is 0 Å². The van der Waals surface area contributed by atoms with Crippen LogP contribution < -0.4 is 0 Å². The van der Waals surface area contributed by atoms with Crippen molar-refractivity contribution < 1.29 is 0 Å². The lowest BCUT2D eigenvalue weighted by Crippen LogP contribution is -1.81. The van der Waals surface area contributed by atoms with E-state index >= 15 is 0 Å². The molecular weight excluding hydrogens is 444 g/mol. The Labute approximate surface area is 223 Å². The fraction of sp³-hybridized carbons (Fsp3) is 0.189. The zero-order valence-corrected chi connectivity index (χ0v) is 23.1. The number of hydrogen-bond donors (Lipinski definition) is 0. The second-order valence-electron chi connectivity index (χ2n) is 10.4. The zero-order valence-electron chi connectivity index (χ0n) is 23.1. The first kappa shape index (κ1) is 26.2. The Balaban J connectivity index is 0.000000136. The smallest absolute Gasteiger partial charge is 0.00133 e. The van der Waals surface area contributed by atoms with Crippen LogP contribution in [0, 0.1) is 41.5 Å². The Bertz CT molecular complexity index is 1340. The molecule has 37 heavy (non-hydrogen) atoms. The van der Waals surface area contributed by atoms with Crippen LogP contribution in [0.4, 0.5) is 0 Å². The van der Waals surface area contributed by atoms with Gasteiger partial charge in [-0.1, -0.05) is 143 Å². The molecule has 0 atom stereocenters. The minimum Gasteiger partial charge on any atom is -0.0591 e. The van der Waals surface area contributed by atoms with Crippen LogP contribution in [-0.2, 0) is 6.42 Å². The molecule has 1 aliphatic carbocycles. The molecule has 0 N–H and O–H groups in total. The van der Waals surface area contributed by atoms with Gasteiger partial charge in [-0.3, -0.25) is 0 Å². The molecule has 0 unspecified atom stereocenters. The minimum absolute atomic E-state index is 1.11. The average Bonchev–Trinajstić information content (AvgIpc) is 3.24. The van der Waals surface area contributed by atoms with Crippen molar-refractivity contribution >= 4 is 0 Å². The van der Waals surface area contributed by atoms with Crippen LogP contribution in [0.1, 0.15) is 44.5 Å². The summed E-state index contributed by atoms with van der Waals surface area (Å²) in [7, 11) is 0. The Morgan fingerprint density at radius 2 is 0.595 bits per heavy atom. The van der Waals surface area contributed by atoms with E-state index in [4.69, 9.17) is 0 Å². The third-order valence-corrected chi connectivity index (χ3v) is 6.85. The van der Waals surface area contributed by atoms with E-state index in [1.807, 2.05) is 0 Å². The van der Waals surface area contributed by atoms with Gasteiger partial charge in [-0.15, -0.1) is 0 Å². The first-order chi connectivity index (χ1) is 17.8. The number of hydrogen-bond acceptors (Lipinski definition) is 0. The highest BCUT2D eigenvalue weighted by atomic mass is 14.2. The molecule has 1 aliphatic rings. The van der Waals surface area contributed by atoms with Crippen LogP contribution in [0.3, 0.4) is 0 Å². The maximum atomic E-state index is 2.31. The molecule has 0 radical (unpaired) electrons. The second-order valence-corrected chi connectivity index (χ2v) is 10.4. The van der Waals surface area contributed by atoms with E-state index in [9.17, 15) is 0 Å². The Kier molecular flexibility index (Phi) is 8.41. The maximum absolute atomic E-state index is 2.31. The molecule has 0 aromatic heterocycles. The van der Waals surface area contributed by atoms with E-state index in [0.717, 1.165) is 6.42 Å². The highest BCUT2D eigenvalue weighted by Crippen LogP contribution is 2.37. The predicted octanol–water partition coefficient (Wildman–Crippen LogP) is 10.1. The first-order valence-electron chi connectivity index (χ1n) is 13.1.